The third-order valence-corrected chi connectivity index (χ3v) is 7.12. The summed E-state index contributed by atoms with van der Waals surface area (Å²) in [5.41, 5.74) is 4.15. The number of nitrogens with one attached hydrogen (secondary N) is 2. The van der Waals surface area contributed by atoms with Crippen molar-refractivity contribution >= 4 is 28.7 Å². The predicted octanol–water partition coefficient (Wildman–Crippen LogP) is 3.39. The number of carboxylic acid groups (broad SMARTS) is 2. The predicted molar refractivity (Wildman–Crippen MR) is 131 cm³/mol. The molecule has 184 valence electrons. The summed E-state index contributed by atoms with van der Waals surface area (Å²) in [5, 5.41) is 20.3. The number of fused-ring (bicyclic) bond motifs is 2. The van der Waals surface area contributed by atoms with Gasteiger partial charge in [0.25, 0.3) is 0 Å². The molecule has 2 aromatic rings. The van der Waals surface area contributed by atoms with Gasteiger partial charge in [-0.25, -0.2) is 9.59 Å². The van der Waals surface area contributed by atoms with Crippen LogP contribution in [0.1, 0.15) is 51.2 Å². The summed E-state index contributed by atoms with van der Waals surface area (Å²) in [4.78, 5) is 37.9. The largest absolute Gasteiger partial charge is 0.478 e. The highest BCUT2D eigenvalue weighted by Crippen LogP contribution is 2.44. The van der Waals surface area contributed by atoms with E-state index in [-0.39, 0.29) is 23.3 Å². The second kappa shape index (κ2) is 10.0. The van der Waals surface area contributed by atoms with Crippen LogP contribution in [0.2, 0.25) is 0 Å². The van der Waals surface area contributed by atoms with Gasteiger partial charge in [-0.15, -0.1) is 0 Å². The van der Waals surface area contributed by atoms with Crippen molar-refractivity contribution in [3.8, 4) is 0 Å². The SMILES string of the molecule is CC(NC(=O)C1CC2c3cccc4[nH]cc(c34)CC2N(C)C1)C(C)(C)C.O=C(O)/C=C/C(=O)O. The quantitative estimate of drug-likeness (QED) is 0.509. The minimum absolute atomic E-state index is 0.0572. The van der Waals surface area contributed by atoms with Crippen LogP contribution in [-0.2, 0) is 20.8 Å². The number of aliphatic carboxylic acids is 2. The zero-order valence-corrected chi connectivity index (χ0v) is 20.5. The number of benzene rings is 1. The number of piperidine rings is 1. The van der Waals surface area contributed by atoms with Crippen LogP contribution >= 0.6 is 0 Å². The van der Waals surface area contributed by atoms with E-state index in [1.807, 2.05) is 0 Å². The molecule has 1 fully saturated rings. The first-order chi connectivity index (χ1) is 15.9. The summed E-state index contributed by atoms with van der Waals surface area (Å²) in [6.45, 7) is 9.49. The second-order valence-corrected chi connectivity index (χ2v) is 10.4. The highest BCUT2D eigenvalue weighted by atomic mass is 16.4. The Labute approximate surface area is 200 Å². The number of likely N-dealkylation sites (N-methyl/N-ethyl adjacent to an activating group) is 1. The molecule has 1 amide bonds. The minimum Gasteiger partial charge on any atom is -0.478 e. The number of rotatable bonds is 4. The normalized spacial score (nSPS) is 23.0. The molecule has 0 radical (unpaired) electrons. The molecular formula is C26H35N3O5. The van der Waals surface area contributed by atoms with E-state index in [4.69, 9.17) is 10.2 Å². The number of hydrogen-bond acceptors (Lipinski definition) is 4. The Hall–Kier alpha value is -3.13. The molecule has 8 nitrogen and oxygen atoms in total. The number of carbonyl (C=O) groups excluding carboxylic acids is 1. The van der Waals surface area contributed by atoms with Crippen molar-refractivity contribution in [3.63, 3.8) is 0 Å². The summed E-state index contributed by atoms with van der Waals surface area (Å²) in [5.74, 6) is -1.81. The molecule has 0 spiro atoms. The summed E-state index contributed by atoms with van der Waals surface area (Å²) >= 11 is 0. The van der Waals surface area contributed by atoms with E-state index in [9.17, 15) is 14.4 Å². The van der Waals surface area contributed by atoms with Crippen molar-refractivity contribution in [3.05, 3.63) is 47.7 Å². The van der Waals surface area contributed by atoms with E-state index >= 15 is 0 Å². The maximum Gasteiger partial charge on any atom is 0.328 e. The van der Waals surface area contributed by atoms with Crippen LogP contribution in [0.25, 0.3) is 10.9 Å². The minimum atomic E-state index is -1.26. The number of amides is 1. The van der Waals surface area contributed by atoms with Crippen LogP contribution < -0.4 is 5.32 Å². The van der Waals surface area contributed by atoms with Gasteiger partial charge in [0.2, 0.25) is 5.91 Å². The molecular weight excluding hydrogens is 434 g/mol. The van der Waals surface area contributed by atoms with Crippen molar-refractivity contribution in [2.45, 2.75) is 58.5 Å². The molecule has 1 saturated heterocycles. The van der Waals surface area contributed by atoms with Gasteiger partial charge in [0.1, 0.15) is 0 Å². The molecule has 0 saturated carbocycles. The van der Waals surface area contributed by atoms with E-state index in [1.165, 1.54) is 22.0 Å². The Morgan fingerprint density at radius 1 is 1.18 bits per heavy atom. The van der Waals surface area contributed by atoms with Gasteiger partial charge >= 0.3 is 11.9 Å². The highest BCUT2D eigenvalue weighted by Gasteiger charge is 2.41. The molecule has 2 aliphatic rings. The highest BCUT2D eigenvalue weighted by molar-refractivity contribution is 5.90. The number of nitrogens with zero attached hydrogens (tertiary/aromatic N) is 1. The van der Waals surface area contributed by atoms with Crippen molar-refractivity contribution in [2.24, 2.45) is 11.3 Å². The Morgan fingerprint density at radius 3 is 2.41 bits per heavy atom. The number of hydrogen-bond donors (Lipinski definition) is 4. The van der Waals surface area contributed by atoms with Gasteiger partial charge in [-0.2, -0.15) is 0 Å². The lowest BCUT2D eigenvalue weighted by molar-refractivity contribution is -0.134. The van der Waals surface area contributed by atoms with Gasteiger partial charge in [-0.1, -0.05) is 32.9 Å². The molecule has 4 N–H and O–H groups in total. The first-order valence-corrected chi connectivity index (χ1v) is 11.6. The fraction of sp³-hybridized carbons (Fsp3) is 0.500. The van der Waals surface area contributed by atoms with Crippen molar-refractivity contribution < 1.29 is 24.6 Å². The van der Waals surface area contributed by atoms with Crippen molar-refractivity contribution in [2.75, 3.05) is 13.6 Å². The van der Waals surface area contributed by atoms with Gasteiger partial charge in [0.05, 0.1) is 5.92 Å². The van der Waals surface area contributed by atoms with Gasteiger partial charge < -0.3 is 25.4 Å². The average molecular weight is 470 g/mol. The molecule has 2 heterocycles. The van der Waals surface area contributed by atoms with E-state index in [0.29, 0.717) is 24.1 Å². The Bertz CT molecular complexity index is 1080. The first-order valence-electron chi connectivity index (χ1n) is 11.6. The Kier molecular flexibility index (Phi) is 7.51. The molecule has 34 heavy (non-hydrogen) atoms. The van der Waals surface area contributed by atoms with Crippen LogP contribution in [0.4, 0.5) is 0 Å². The first kappa shape index (κ1) is 25.5. The van der Waals surface area contributed by atoms with Gasteiger partial charge in [0.15, 0.2) is 0 Å². The van der Waals surface area contributed by atoms with Crippen molar-refractivity contribution in [1.29, 1.82) is 0 Å². The second-order valence-electron chi connectivity index (χ2n) is 10.4. The number of carbonyl (C=O) groups is 3. The van der Waals surface area contributed by atoms with E-state index in [2.05, 4.69) is 74.3 Å². The van der Waals surface area contributed by atoms with Crippen LogP contribution in [-0.4, -0.2) is 63.6 Å². The van der Waals surface area contributed by atoms with Gasteiger partial charge in [-0.05, 0) is 49.4 Å². The zero-order valence-electron chi connectivity index (χ0n) is 20.5. The van der Waals surface area contributed by atoms with Crippen LogP contribution in [0.15, 0.2) is 36.5 Å². The maximum absolute atomic E-state index is 13.0. The van der Waals surface area contributed by atoms with Crippen LogP contribution in [0, 0.1) is 11.3 Å². The standard InChI is InChI=1S/C22H31N3O.C4H4O4/c1-13(22(2,3)4)24-21(26)15-9-17-16-7-6-8-18-20(16)14(11-23-18)10-19(17)25(5)12-15;5-3(6)1-2-4(7)8/h6-8,11,13,15,17,19,23H,9-10,12H2,1-5H3,(H,24,26);1-2H,(H,5,6)(H,7,8)/b;2-1+. The number of likely N-dealkylation sites (tertiary alicyclic amines) is 1. The van der Waals surface area contributed by atoms with Gasteiger partial charge in [-0.3, -0.25) is 4.79 Å². The van der Waals surface area contributed by atoms with Crippen LogP contribution in [0.3, 0.4) is 0 Å². The lowest BCUT2D eigenvalue weighted by Crippen LogP contribution is -2.53. The lowest BCUT2D eigenvalue weighted by atomic mass is 9.72. The third kappa shape index (κ3) is 5.67. The number of aromatic nitrogens is 1. The third-order valence-electron chi connectivity index (χ3n) is 7.12. The molecule has 8 heteroatoms. The molecule has 1 aromatic heterocycles. The summed E-state index contributed by atoms with van der Waals surface area (Å²) in [6.07, 6.45) is 5.30. The van der Waals surface area contributed by atoms with Gasteiger partial charge in [0, 0.05) is 53.8 Å². The summed E-state index contributed by atoms with van der Waals surface area (Å²) < 4.78 is 0. The van der Waals surface area contributed by atoms with Crippen molar-refractivity contribution in [1.82, 2.24) is 15.2 Å². The fourth-order valence-electron chi connectivity index (χ4n) is 4.82. The molecule has 4 atom stereocenters. The topological polar surface area (TPSA) is 123 Å². The van der Waals surface area contributed by atoms with Crippen LogP contribution in [0.5, 0.6) is 0 Å². The monoisotopic (exact) mass is 469 g/mol. The lowest BCUT2D eigenvalue weighted by Gasteiger charge is -2.45. The Morgan fingerprint density at radius 2 is 1.82 bits per heavy atom. The molecule has 0 bridgehead atoms. The molecule has 1 aliphatic heterocycles. The van der Waals surface area contributed by atoms with E-state index < -0.39 is 11.9 Å². The fourth-order valence-corrected chi connectivity index (χ4v) is 4.82. The maximum atomic E-state index is 13.0. The smallest absolute Gasteiger partial charge is 0.328 e. The summed E-state index contributed by atoms with van der Waals surface area (Å²) in [6, 6.07) is 7.23. The number of H-pyrrole nitrogens is 1. The Balaban J connectivity index is 0.000000350. The van der Waals surface area contributed by atoms with E-state index in [1.54, 1.807) is 0 Å². The molecule has 1 aromatic carbocycles. The average Bonchev–Trinajstić information content (AvgIpc) is 3.17. The molecule has 4 rings (SSSR count). The molecule has 1 aliphatic carbocycles. The summed E-state index contributed by atoms with van der Waals surface area (Å²) in [7, 11) is 2.18. The molecule has 4 unspecified atom stereocenters. The zero-order chi connectivity index (χ0) is 25.2. The number of aromatic amines is 1. The number of carboxylic acids is 2. The van der Waals surface area contributed by atoms with E-state index in [0.717, 1.165) is 19.4 Å².